The number of nitrogens with one attached hydrogen (secondary N) is 1. The number of hydrogen-bond acceptors (Lipinski definition) is 4. The molecule has 0 atom stereocenters. The smallest absolute Gasteiger partial charge is 0.272 e. The van der Waals surface area contributed by atoms with Crippen LogP contribution in [0.2, 0.25) is 0 Å². The van der Waals surface area contributed by atoms with Gasteiger partial charge in [-0.2, -0.15) is 0 Å². The molecule has 0 aromatic heterocycles. The molecule has 0 aliphatic heterocycles. The molecule has 0 fully saturated rings. The van der Waals surface area contributed by atoms with Crippen LogP contribution in [0.15, 0.2) is 42.5 Å². The van der Waals surface area contributed by atoms with Crippen molar-refractivity contribution in [3.63, 3.8) is 0 Å². The summed E-state index contributed by atoms with van der Waals surface area (Å²) in [5, 5.41) is 13.6. The van der Waals surface area contributed by atoms with Crippen molar-refractivity contribution in [2.24, 2.45) is 0 Å². The number of carbonyl (C=O) groups excluding carboxylic acids is 2. The molecular weight excluding hydrogens is 322 g/mol. The molecule has 0 radical (unpaired) electrons. The summed E-state index contributed by atoms with van der Waals surface area (Å²) in [6, 6.07) is 11.2. The lowest BCUT2D eigenvalue weighted by atomic mass is 10.1. The van der Waals surface area contributed by atoms with Gasteiger partial charge in [-0.15, -0.1) is 0 Å². The summed E-state index contributed by atoms with van der Waals surface area (Å²) in [7, 11) is 3.40. The Morgan fingerprint density at radius 1 is 1.12 bits per heavy atom. The molecule has 0 saturated carbocycles. The summed E-state index contributed by atoms with van der Waals surface area (Å²) in [6.07, 6.45) is 0.294. The van der Waals surface area contributed by atoms with E-state index < -0.39 is 4.92 Å². The van der Waals surface area contributed by atoms with Crippen LogP contribution in [0.5, 0.6) is 0 Å². The highest BCUT2D eigenvalue weighted by atomic mass is 16.6. The summed E-state index contributed by atoms with van der Waals surface area (Å²) in [5.74, 6) is -0.353. The van der Waals surface area contributed by atoms with Crippen LogP contribution in [0.4, 0.5) is 11.4 Å². The summed E-state index contributed by atoms with van der Waals surface area (Å²) in [6.45, 7) is 1.59. The van der Waals surface area contributed by atoms with Gasteiger partial charge in [-0.1, -0.05) is 12.1 Å². The molecule has 2 aromatic carbocycles. The predicted molar refractivity (Wildman–Crippen MR) is 94.6 cm³/mol. The molecule has 7 heteroatoms. The number of carbonyl (C=O) groups is 2. The minimum Gasteiger partial charge on any atom is -0.349 e. The van der Waals surface area contributed by atoms with E-state index in [1.54, 1.807) is 45.3 Å². The lowest BCUT2D eigenvalue weighted by Gasteiger charge is -2.11. The standard InChI is InChI=1S/C18H19N3O4/c1-12-10-14(6-9-16(12)21(24)25)18(23)19-15-7-4-13(5-8-15)11-17(22)20(2)3/h4-10H,11H2,1-3H3,(H,19,23). The molecule has 2 rings (SSSR count). The normalized spacial score (nSPS) is 10.2. The topological polar surface area (TPSA) is 92.6 Å². The third-order valence-electron chi connectivity index (χ3n) is 3.72. The SMILES string of the molecule is Cc1cc(C(=O)Nc2ccc(CC(=O)N(C)C)cc2)ccc1[N+](=O)[O-]. The lowest BCUT2D eigenvalue weighted by Crippen LogP contribution is -2.23. The van der Waals surface area contributed by atoms with Crippen LogP contribution in [0.1, 0.15) is 21.5 Å². The number of likely N-dealkylation sites (N-methyl/N-ethyl adjacent to an activating group) is 1. The highest BCUT2D eigenvalue weighted by Gasteiger charge is 2.14. The molecule has 0 unspecified atom stereocenters. The molecule has 0 heterocycles. The van der Waals surface area contributed by atoms with E-state index in [0.717, 1.165) is 5.56 Å². The first-order valence-electron chi connectivity index (χ1n) is 7.63. The number of nitro groups is 1. The number of nitro benzene ring substituents is 1. The van der Waals surface area contributed by atoms with Crippen molar-refractivity contribution in [1.29, 1.82) is 0 Å². The molecule has 0 aliphatic carbocycles. The lowest BCUT2D eigenvalue weighted by molar-refractivity contribution is -0.385. The highest BCUT2D eigenvalue weighted by Crippen LogP contribution is 2.20. The summed E-state index contributed by atoms with van der Waals surface area (Å²) < 4.78 is 0. The molecule has 25 heavy (non-hydrogen) atoms. The van der Waals surface area contributed by atoms with Crippen LogP contribution in [-0.4, -0.2) is 35.7 Å². The molecule has 2 amide bonds. The molecule has 0 aliphatic rings. The van der Waals surface area contributed by atoms with Crippen molar-refractivity contribution in [1.82, 2.24) is 4.90 Å². The highest BCUT2D eigenvalue weighted by molar-refractivity contribution is 6.04. The van der Waals surface area contributed by atoms with Crippen LogP contribution in [-0.2, 0) is 11.2 Å². The van der Waals surface area contributed by atoms with Gasteiger partial charge in [0.15, 0.2) is 0 Å². The Bertz CT molecular complexity index is 814. The van der Waals surface area contributed by atoms with Gasteiger partial charge in [0, 0.05) is 37.0 Å². The molecule has 0 saturated heterocycles. The zero-order valence-corrected chi connectivity index (χ0v) is 14.3. The fourth-order valence-corrected chi connectivity index (χ4v) is 2.24. The van der Waals surface area contributed by atoms with Gasteiger partial charge in [0.25, 0.3) is 11.6 Å². The van der Waals surface area contributed by atoms with Gasteiger partial charge >= 0.3 is 0 Å². The second-order valence-electron chi connectivity index (χ2n) is 5.87. The Hall–Kier alpha value is -3.22. The molecule has 130 valence electrons. The Morgan fingerprint density at radius 2 is 1.76 bits per heavy atom. The van der Waals surface area contributed by atoms with Gasteiger partial charge in [-0.25, -0.2) is 0 Å². The van der Waals surface area contributed by atoms with Gasteiger partial charge in [0.2, 0.25) is 5.91 Å². The number of anilines is 1. The summed E-state index contributed by atoms with van der Waals surface area (Å²) >= 11 is 0. The van der Waals surface area contributed by atoms with Crippen molar-refractivity contribution in [3.8, 4) is 0 Å². The van der Waals surface area contributed by atoms with Crippen LogP contribution in [0, 0.1) is 17.0 Å². The first-order valence-corrected chi connectivity index (χ1v) is 7.63. The van der Waals surface area contributed by atoms with E-state index in [1.165, 1.54) is 23.1 Å². The minimum absolute atomic E-state index is 0.00172. The maximum absolute atomic E-state index is 12.3. The number of amides is 2. The summed E-state index contributed by atoms with van der Waals surface area (Å²) in [4.78, 5) is 35.8. The van der Waals surface area contributed by atoms with E-state index in [1.807, 2.05) is 0 Å². The number of rotatable bonds is 5. The average Bonchev–Trinajstić information content (AvgIpc) is 2.56. The van der Waals surface area contributed by atoms with E-state index in [9.17, 15) is 19.7 Å². The second kappa shape index (κ2) is 7.57. The third-order valence-corrected chi connectivity index (χ3v) is 3.72. The van der Waals surface area contributed by atoms with E-state index in [-0.39, 0.29) is 17.5 Å². The Labute approximate surface area is 145 Å². The molecular formula is C18H19N3O4. The largest absolute Gasteiger partial charge is 0.349 e. The predicted octanol–water partition coefficient (Wildman–Crippen LogP) is 2.79. The van der Waals surface area contributed by atoms with Gasteiger partial charge in [-0.3, -0.25) is 19.7 Å². The van der Waals surface area contributed by atoms with Gasteiger partial charge in [0.1, 0.15) is 0 Å². The van der Waals surface area contributed by atoms with E-state index in [2.05, 4.69) is 5.32 Å². The van der Waals surface area contributed by atoms with E-state index >= 15 is 0 Å². The Balaban J connectivity index is 2.07. The summed E-state index contributed by atoms with van der Waals surface area (Å²) in [5.41, 5.74) is 2.18. The first kappa shape index (κ1) is 18.1. The first-order chi connectivity index (χ1) is 11.8. The van der Waals surface area contributed by atoms with Gasteiger partial charge in [-0.05, 0) is 36.8 Å². The minimum atomic E-state index is -0.481. The number of benzene rings is 2. The Kier molecular flexibility index (Phi) is 5.49. The fourth-order valence-electron chi connectivity index (χ4n) is 2.24. The maximum Gasteiger partial charge on any atom is 0.272 e. The van der Waals surface area contributed by atoms with Crippen molar-refractivity contribution in [3.05, 3.63) is 69.3 Å². The maximum atomic E-state index is 12.3. The average molecular weight is 341 g/mol. The zero-order chi connectivity index (χ0) is 18.6. The van der Waals surface area contributed by atoms with Crippen LogP contribution in [0.25, 0.3) is 0 Å². The van der Waals surface area contributed by atoms with Gasteiger partial charge < -0.3 is 10.2 Å². The van der Waals surface area contributed by atoms with E-state index in [0.29, 0.717) is 23.2 Å². The number of nitrogens with zero attached hydrogens (tertiary/aromatic N) is 2. The number of hydrogen-bond donors (Lipinski definition) is 1. The van der Waals surface area contributed by atoms with Gasteiger partial charge in [0.05, 0.1) is 11.3 Å². The van der Waals surface area contributed by atoms with Crippen molar-refractivity contribution >= 4 is 23.2 Å². The molecule has 1 N–H and O–H groups in total. The molecule has 0 bridgehead atoms. The Morgan fingerprint density at radius 3 is 2.28 bits per heavy atom. The monoisotopic (exact) mass is 341 g/mol. The van der Waals surface area contributed by atoms with E-state index in [4.69, 9.17) is 0 Å². The molecule has 0 spiro atoms. The van der Waals surface area contributed by atoms with Crippen LogP contribution >= 0.6 is 0 Å². The molecule has 2 aromatic rings. The quantitative estimate of drug-likeness (QED) is 0.668. The second-order valence-corrected chi connectivity index (χ2v) is 5.87. The zero-order valence-electron chi connectivity index (χ0n) is 14.3. The number of aryl methyl sites for hydroxylation is 1. The van der Waals surface area contributed by atoms with Crippen molar-refractivity contribution in [2.75, 3.05) is 19.4 Å². The fraction of sp³-hybridized carbons (Fsp3) is 0.222. The van der Waals surface area contributed by atoms with Crippen molar-refractivity contribution in [2.45, 2.75) is 13.3 Å². The van der Waals surface area contributed by atoms with Crippen molar-refractivity contribution < 1.29 is 14.5 Å². The third kappa shape index (κ3) is 4.63. The molecule has 7 nitrogen and oxygen atoms in total. The van der Waals surface area contributed by atoms with Crippen LogP contribution in [0.3, 0.4) is 0 Å². The van der Waals surface area contributed by atoms with Crippen LogP contribution < -0.4 is 5.32 Å².